The Bertz CT molecular complexity index is 460. The molecule has 88 valence electrons. The van der Waals surface area contributed by atoms with E-state index in [1.54, 1.807) is 0 Å². The Morgan fingerprint density at radius 2 is 1.35 bits per heavy atom. The Morgan fingerprint density at radius 3 is 1.88 bits per heavy atom. The molecule has 0 spiro atoms. The van der Waals surface area contributed by atoms with Gasteiger partial charge in [0.2, 0.25) is 0 Å². The Kier molecular flexibility index (Phi) is 3.45. The van der Waals surface area contributed by atoms with Crippen molar-refractivity contribution in [2.24, 2.45) is 0 Å². The minimum absolute atomic E-state index is 0.275. The van der Waals surface area contributed by atoms with Crippen LogP contribution in [0.2, 0.25) is 0 Å². The summed E-state index contributed by atoms with van der Waals surface area (Å²) in [7, 11) is 4.18. The number of nitrogen functional groups attached to an aromatic ring is 1. The van der Waals surface area contributed by atoms with E-state index in [9.17, 15) is 0 Å². The maximum atomic E-state index is 5.73. The van der Waals surface area contributed by atoms with Crippen LogP contribution in [-0.2, 0) is 0 Å². The zero-order chi connectivity index (χ0) is 12.3. The van der Waals surface area contributed by atoms with Crippen LogP contribution in [0.4, 0.5) is 5.69 Å². The highest BCUT2D eigenvalue weighted by molar-refractivity contribution is 5.42. The van der Waals surface area contributed by atoms with E-state index in [1.807, 2.05) is 18.2 Å². The summed E-state index contributed by atoms with van der Waals surface area (Å²) in [6, 6.07) is 18.9. The molecule has 0 fully saturated rings. The van der Waals surface area contributed by atoms with Gasteiger partial charge < -0.3 is 5.73 Å². The molecule has 2 aromatic carbocycles. The number of hydrogen-bond acceptors (Lipinski definition) is 2. The van der Waals surface area contributed by atoms with Gasteiger partial charge in [-0.05, 0) is 37.4 Å². The second kappa shape index (κ2) is 5.02. The van der Waals surface area contributed by atoms with E-state index in [2.05, 4.69) is 55.4 Å². The van der Waals surface area contributed by atoms with E-state index >= 15 is 0 Å². The lowest BCUT2D eigenvalue weighted by Crippen LogP contribution is -2.20. The molecule has 0 saturated heterocycles. The molecule has 2 N–H and O–H groups in total. The molecule has 0 aliphatic heterocycles. The van der Waals surface area contributed by atoms with Crippen molar-refractivity contribution < 1.29 is 0 Å². The monoisotopic (exact) mass is 226 g/mol. The van der Waals surface area contributed by atoms with Crippen LogP contribution in [0, 0.1) is 0 Å². The quantitative estimate of drug-likeness (QED) is 0.815. The zero-order valence-corrected chi connectivity index (χ0v) is 10.3. The van der Waals surface area contributed by atoms with Crippen molar-refractivity contribution in [3.63, 3.8) is 0 Å². The molecule has 0 aliphatic rings. The molecular formula is C15H18N2. The van der Waals surface area contributed by atoms with Gasteiger partial charge in [0.05, 0.1) is 6.04 Å². The number of nitrogens with zero attached hydrogens (tertiary/aromatic N) is 1. The smallest absolute Gasteiger partial charge is 0.0596 e. The predicted molar refractivity (Wildman–Crippen MR) is 72.8 cm³/mol. The van der Waals surface area contributed by atoms with Crippen molar-refractivity contribution in [2.45, 2.75) is 6.04 Å². The summed E-state index contributed by atoms with van der Waals surface area (Å²) >= 11 is 0. The number of rotatable bonds is 3. The zero-order valence-electron chi connectivity index (χ0n) is 10.3. The number of hydrogen-bond donors (Lipinski definition) is 1. The summed E-state index contributed by atoms with van der Waals surface area (Å²) in [6.07, 6.45) is 0. The number of benzene rings is 2. The third-order valence-corrected chi connectivity index (χ3v) is 2.88. The van der Waals surface area contributed by atoms with Gasteiger partial charge >= 0.3 is 0 Å². The van der Waals surface area contributed by atoms with Gasteiger partial charge in [0.25, 0.3) is 0 Å². The second-order valence-electron chi connectivity index (χ2n) is 4.44. The molecule has 0 saturated carbocycles. The standard InChI is InChI=1S/C15H18N2/c1-17(2)15(12-6-4-3-5-7-12)13-8-10-14(16)11-9-13/h3-11,15H,16H2,1-2H3. The van der Waals surface area contributed by atoms with Gasteiger partial charge in [0.15, 0.2) is 0 Å². The van der Waals surface area contributed by atoms with Gasteiger partial charge in [-0.25, -0.2) is 0 Å². The van der Waals surface area contributed by atoms with Gasteiger partial charge in [-0.1, -0.05) is 42.5 Å². The van der Waals surface area contributed by atoms with Crippen molar-refractivity contribution in [1.29, 1.82) is 0 Å². The lowest BCUT2D eigenvalue weighted by Gasteiger charge is -2.25. The summed E-state index contributed by atoms with van der Waals surface area (Å²) in [4.78, 5) is 2.21. The highest BCUT2D eigenvalue weighted by atomic mass is 15.1. The molecule has 2 rings (SSSR count). The molecule has 1 unspecified atom stereocenters. The first-order chi connectivity index (χ1) is 8.18. The average molecular weight is 226 g/mol. The third kappa shape index (κ3) is 2.66. The Morgan fingerprint density at radius 1 is 0.824 bits per heavy atom. The summed E-state index contributed by atoms with van der Waals surface area (Å²) in [5.41, 5.74) is 9.09. The van der Waals surface area contributed by atoms with Crippen LogP contribution in [0.15, 0.2) is 54.6 Å². The number of anilines is 1. The van der Waals surface area contributed by atoms with E-state index in [0.29, 0.717) is 0 Å². The summed E-state index contributed by atoms with van der Waals surface area (Å²) < 4.78 is 0. The summed E-state index contributed by atoms with van der Waals surface area (Å²) in [5.74, 6) is 0. The molecule has 2 heteroatoms. The summed E-state index contributed by atoms with van der Waals surface area (Å²) in [6.45, 7) is 0. The van der Waals surface area contributed by atoms with Crippen LogP contribution < -0.4 is 5.73 Å². The Hall–Kier alpha value is -1.80. The topological polar surface area (TPSA) is 29.3 Å². The lowest BCUT2D eigenvalue weighted by atomic mass is 9.98. The van der Waals surface area contributed by atoms with Crippen molar-refractivity contribution in [2.75, 3.05) is 19.8 Å². The molecule has 2 aromatic rings. The SMILES string of the molecule is CN(C)C(c1ccccc1)c1ccc(N)cc1. The van der Waals surface area contributed by atoms with Crippen LogP contribution >= 0.6 is 0 Å². The molecule has 0 radical (unpaired) electrons. The number of nitrogens with two attached hydrogens (primary N) is 1. The first-order valence-electron chi connectivity index (χ1n) is 5.75. The second-order valence-corrected chi connectivity index (χ2v) is 4.44. The molecule has 0 amide bonds. The molecule has 0 bridgehead atoms. The van der Waals surface area contributed by atoms with E-state index < -0.39 is 0 Å². The Balaban J connectivity index is 2.39. The molecule has 0 aliphatic carbocycles. The van der Waals surface area contributed by atoms with Crippen LogP contribution in [0.25, 0.3) is 0 Å². The fourth-order valence-corrected chi connectivity index (χ4v) is 2.10. The third-order valence-electron chi connectivity index (χ3n) is 2.88. The Labute approximate surface area is 103 Å². The highest BCUT2D eigenvalue weighted by Crippen LogP contribution is 2.26. The van der Waals surface area contributed by atoms with Gasteiger partial charge in [0.1, 0.15) is 0 Å². The lowest BCUT2D eigenvalue weighted by molar-refractivity contribution is 0.342. The van der Waals surface area contributed by atoms with Gasteiger partial charge in [-0.15, -0.1) is 0 Å². The van der Waals surface area contributed by atoms with Crippen molar-refractivity contribution in [3.05, 3.63) is 65.7 Å². The van der Waals surface area contributed by atoms with E-state index in [0.717, 1.165) is 5.69 Å². The molecular weight excluding hydrogens is 208 g/mol. The minimum atomic E-state index is 0.275. The fraction of sp³-hybridized carbons (Fsp3) is 0.200. The summed E-state index contributed by atoms with van der Waals surface area (Å²) in [5, 5.41) is 0. The first-order valence-corrected chi connectivity index (χ1v) is 5.75. The normalized spacial score (nSPS) is 12.6. The van der Waals surface area contributed by atoms with Crippen LogP contribution in [0.5, 0.6) is 0 Å². The van der Waals surface area contributed by atoms with E-state index in [1.165, 1.54) is 11.1 Å². The van der Waals surface area contributed by atoms with Gasteiger partial charge in [-0.3, -0.25) is 4.90 Å². The molecule has 17 heavy (non-hydrogen) atoms. The largest absolute Gasteiger partial charge is 0.399 e. The minimum Gasteiger partial charge on any atom is -0.399 e. The van der Waals surface area contributed by atoms with E-state index in [-0.39, 0.29) is 6.04 Å². The van der Waals surface area contributed by atoms with Crippen LogP contribution in [0.1, 0.15) is 17.2 Å². The predicted octanol–water partition coefficient (Wildman–Crippen LogP) is 2.92. The molecule has 2 nitrogen and oxygen atoms in total. The molecule has 0 heterocycles. The molecule has 1 atom stereocenters. The maximum absolute atomic E-state index is 5.73. The van der Waals surface area contributed by atoms with Crippen LogP contribution in [-0.4, -0.2) is 19.0 Å². The van der Waals surface area contributed by atoms with Crippen LogP contribution in [0.3, 0.4) is 0 Å². The maximum Gasteiger partial charge on any atom is 0.0596 e. The van der Waals surface area contributed by atoms with Gasteiger partial charge in [-0.2, -0.15) is 0 Å². The molecule has 0 aromatic heterocycles. The van der Waals surface area contributed by atoms with Crippen molar-refractivity contribution >= 4 is 5.69 Å². The van der Waals surface area contributed by atoms with Crippen molar-refractivity contribution in [3.8, 4) is 0 Å². The highest BCUT2D eigenvalue weighted by Gasteiger charge is 2.15. The fourth-order valence-electron chi connectivity index (χ4n) is 2.10. The average Bonchev–Trinajstić information content (AvgIpc) is 2.33. The van der Waals surface area contributed by atoms with Crippen molar-refractivity contribution in [1.82, 2.24) is 4.90 Å². The van der Waals surface area contributed by atoms with Gasteiger partial charge in [0, 0.05) is 5.69 Å². The van der Waals surface area contributed by atoms with E-state index in [4.69, 9.17) is 5.73 Å². The first kappa shape index (κ1) is 11.7.